The quantitative estimate of drug-likeness (QED) is 0.232. The molecule has 1 aliphatic heterocycles. The number of carbonyl (C=O) groups is 3. The van der Waals surface area contributed by atoms with E-state index in [2.05, 4.69) is 16.7 Å². The number of hydrogen-bond acceptors (Lipinski definition) is 7. The number of nitrogens with zero attached hydrogens (tertiary/aromatic N) is 2. The van der Waals surface area contributed by atoms with Crippen LogP contribution < -0.4 is 15.4 Å². The van der Waals surface area contributed by atoms with E-state index in [4.69, 9.17) is 4.74 Å². The van der Waals surface area contributed by atoms with E-state index in [1.807, 2.05) is 48.5 Å². The van der Waals surface area contributed by atoms with Gasteiger partial charge >= 0.3 is 0 Å². The van der Waals surface area contributed by atoms with Crippen molar-refractivity contribution in [1.82, 2.24) is 4.90 Å². The van der Waals surface area contributed by atoms with Crippen LogP contribution in [0.25, 0.3) is 0 Å². The second kappa shape index (κ2) is 12.9. The Hall–Kier alpha value is -4.59. The van der Waals surface area contributed by atoms with Crippen molar-refractivity contribution in [2.75, 3.05) is 24.3 Å². The summed E-state index contributed by atoms with van der Waals surface area (Å²) in [5.41, 5.74) is 3.26. The molecule has 0 spiro atoms. The molecule has 2 N–H and O–H groups in total. The third kappa shape index (κ3) is 6.48. The van der Waals surface area contributed by atoms with Crippen molar-refractivity contribution in [3.8, 4) is 11.8 Å². The summed E-state index contributed by atoms with van der Waals surface area (Å²) >= 11 is 2.70. The molecule has 3 amide bonds. The molecular formula is C32H28N4O4S2. The number of amides is 3. The molecule has 0 bridgehead atoms. The third-order valence-electron chi connectivity index (χ3n) is 6.89. The molecule has 3 aromatic carbocycles. The van der Waals surface area contributed by atoms with E-state index < -0.39 is 5.25 Å². The van der Waals surface area contributed by atoms with Gasteiger partial charge in [-0.05, 0) is 60.0 Å². The number of nitriles is 1. The van der Waals surface area contributed by atoms with Crippen molar-refractivity contribution in [3.05, 3.63) is 106 Å². The number of benzene rings is 3. The molecule has 4 aromatic rings. The van der Waals surface area contributed by atoms with Gasteiger partial charge in [0.2, 0.25) is 11.8 Å². The van der Waals surface area contributed by atoms with E-state index in [0.29, 0.717) is 47.1 Å². The highest BCUT2D eigenvalue weighted by molar-refractivity contribution is 8.00. The first-order valence-electron chi connectivity index (χ1n) is 13.2. The van der Waals surface area contributed by atoms with Crippen LogP contribution in [0, 0.1) is 11.3 Å². The predicted molar refractivity (Wildman–Crippen MR) is 165 cm³/mol. The van der Waals surface area contributed by atoms with Gasteiger partial charge in [0, 0.05) is 34.5 Å². The summed E-state index contributed by atoms with van der Waals surface area (Å²) in [5.74, 6) is 0.127. The number of thiophene rings is 1. The summed E-state index contributed by atoms with van der Waals surface area (Å²) in [6.45, 7) is 2.52. The summed E-state index contributed by atoms with van der Waals surface area (Å²) in [6, 6.07) is 25.9. The summed E-state index contributed by atoms with van der Waals surface area (Å²) in [6.07, 6.45) is 0.579. The number of nitrogens with one attached hydrogen (secondary N) is 2. The maximum Gasteiger partial charge on any atom is 0.255 e. The fourth-order valence-corrected chi connectivity index (χ4v) is 6.99. The molecule has 0 saturated carbocycles. The zero-order chi connectivity index (χ0) is 29.6. The lowest BCUT2D eigenvalue weighted by Crippen LogP contribution is -2.33. The molecule has 5 rings (SSSR count). The van der Waals surface area contributed by atoms with Gasteiger partial charge in [-0.1, -0.05) is 36.4 Å². The maximum atomic E-state index is 13.8. The van der Waals surface area contributed by atoms with Crippen molar-refractivity contribution in [2.24, 2.45) is 0 Å². The highest BCUT2D eigenvalue weighted by Gasteiger charge is 2.29. The zero-order valence-corrected chi connectivity index (χ0v) is 24.7. The van der Waals surface area contributed by atoms with E-state index in [-0.39, 0.29) is 17.7 Å². The number of thioether (sulfide) groups is 1. The molecule has 1 unspecified atom stereocenters. The Kier molecular flexibility index (Phi) is 8.91. The van der Waals surface area contributed by atoms with Gasteiger partial charge in [0.15, 0.2) is 0 Å². The highest BCUT2D eigenvalue weighted by Crippen LogP contribution is 2.40. The van der Waals surface area contributed by atoms with Crippen molar-refractivity contribution in [3.63, 3.8) is 0 Å². The lowest BCUT2D eigenvalue weighted by atomic mass is 10.0. The summed E-state index contributed by atoms with van der Waals surface area (Å²) in [4.78, 5) is 42.0. The van der Waals surface area contributed by atoms with Crippen LogP contribution in [-0.2, 0) is 22.6 Å². The molecule has 0 fully saturated rings. The lowest BCUT2D eigenvalue weighted by molar-refractivity contribution is -0.129. The van der Waals surface area contributed by atoms with Gasteiger partial charge in [0.05, 0.1) is 19.2 Å². The minimum absolute atomic E-state index is 0.0129. The second-order valence-corrected chi connectivity index (χ2v) is 11.9. The first-order chi connectivity index (χ1) is 20.4. The molecule has 2 heterocycles. The number of anilines is 2. The Morgan fingerprint density at radius 3 is 2.48 bits per heavy atom. The Bertz CT molecular complexity index is 1660. The summed E-state index contributed by atoms with van der Waals surface area (Å²) in [5, 5.41) is 15.7. The van der Waals surface area contributed by atoms with Crippen molar-refractivity contribution >= 4 is 51.5 Å². The maximum absolute atomic E-state index is 13.8. The number of hydrogen-bond donors (Lipinski definition) is 2. The van der Waals surface area contributed by atoms with Gasteiger partial charge in [-0.25, -0.2) is 0 Å². The molecule has 1 atom stereocenters. The van der Waals surface area contributed by atoms with Gasteiger partial charge in [-0.2, -0.15) is 5.26 Å². The topological polar surface area (TPSA) is 112 Å². The lowest BCUT2D eigenvalue weighted by Gasteiger charge is -2.25. The number of carbonyl (C=O) groups excluding carboxylic acids is 3. The number of rotatable bonds is 8. The van der Waals surface area contributed by atoms with Crippen molar-refractivity contribution in [2.45, 2.75) is 30.0 Å². The van der Waals surface area contributed by atoms with E-state index in [1.165, 1.54) is 30.0 Å². The van der Waals surface area contributed by atoms with Crippen LogP contribution in [0.3, 0.4) is 0 Å². The Balaban J connectivity index is 1.36. The zero-order valence-electron chi connectivity index (χ0n) is 23.0. The largest absolute Gasteiger partial charge is 0.497 e. The molecule has 8 nitrogen and oxygen atoms in total. The van der Waals surface area contributed by atoms with E-state index in [0.717, 1.165) is 20.9 Å². The smallest absolute Gasteiger partial charge is 0.255 e. The minimum atomic E-state index is -0.627. The molecule has 1 aliphatic rings. The van der Waals surface area contributed by atoms with Gasteiger partial charge in [-0.3, -0.25) is 14.4 Å². The van der Waals surface area contributed by atoms with E-state index in [1.54, 1.807) is 42.3 Å². The van der Waals surface area contributed by atoms with E-state index in [9.17, 15) is 19.6 Å². The van der Waals surface area contributed by atoms with Crippen LogP contribution in [0.4, 0.5) is 10.7 Å². The average molecular weight is 597 g/mol. The van der Waals surface area contributed by atoms with Crippen LogP contribution in [0.5, 0.6) is 5.75 Å². The number of methoxy groups -OCH3 is 1. The Labute approximate surface area is 252 Å². The third-order valence-corrected chi connectivity index (χ3v) is 9.27. The second-order valence-electron chi connectivity index (χ2n) is 9.62. The SMILES string of the molecule is COc1ccc(C(=O)Nc2cccc(SC(C(=O)Nc3sc4c(c3C#N)CCN(C(C)=O)C4)c3ccccc3)c2)cc1. The summed E-state index contributed by atoms with van der Waals surface area (Å²) in [7, 11) is 1.57. The van der Waals surface area contributed by atoms with E-state index >= 15 is 0 Å². The van der Waals surface area contributed by atoms with Crippen LogP contribution in [0.15, 0.2) is 83.8 Å². The molecule has 0 saturated heterocycles. The Morgan fingerprint density at radius 1 is 1.02 bits per heavy atom. The average Bonchev–Trinajstić information content (AvgIpc) is 3.36. The molecular weight excluding hydrogens is 569 g/mol. The molecule has 1 aromatic heterocycles. The van der Waals surface area contributed by atoms with Crippen LogP contribution in [0.1, 0.15) is 44.1 Å². The summed E-state index contributed by atoms with van der Waals surface area (Å²) < 4.78 is 5.16. The van der Waals surface area contributed by atoms with Gasteiger partial charge in [-0.15, -0.1) is 23.1 Å². The number of fused-ring (bicyclic) bond motifs is 1. The predicted octanol–water partition coefficient (Wildman–Crippen LogP) is 6.26. The normalized spacial score (nSPS) is 12.9. The first kappa shape index (κ1) is 28.9. The van der Waals surface area contributed by atoms with Gasteiger partial charge in [0.25, 0.3) is 5.91 Å². The molecule has 42 heavy (non-hydrogen) atoms. The molecule has 10 heteroatoms. The highest BCUT2D eigenvalue weighted by atomic mass is 32.2. The van der Waals surface area contributed by atoms with Crippen LogP contribution >= 0.6 is 23.1 Å². The minimum Gasteiger partial charge on any atom is -0.497 e. The molecule has 212 valence electrons. The van der Waals surface area contributed by atoms with Gasteiger partial charge in [0.1, 0.15) is 22.1 Å². The van der Waals surface area contributed by atoms with Crippen molar-refractivity contribution in [1.29, 1.82) is 5.26 Å². The van der Waals surface area contributed by atoms with Crippen LogP contribution in [0.2, 0.25) is 0 Å². The fraction of sp³-hybridized carbons (Fsp3) is 0.188. The monoisotopic (exact) mass is 596 g/mol. The standard InChI is InChI=1S/C32H28N4O4S2/c1-20(37)36-16-15-26-27(18-33)32(42-28(26)19-36)35-31(39)29(21-7-4-3-5-8-21)41-25-10-6-9-23(17-25)34-30(38)22-11-13-24(40-2)14-12-22/h3-14,17,29H,15-16,19H2,1-2H3,(H,34,38)(H,35,39). The number of ether oxygens (including phenoxy) is 1. The molecule has 0 radical (unpaired) electrons. The molecule has 0 aliphatic carbocycles. The Morgan fingerprint density at radius 2 is 1.79 bits per heavy atom. The van der Waals surface area contributed by atoms with Crippen LogP contribution in [-0.4, -0.2) is 36.3 Å². The van der Waals surface area contributed by atoms with Crippen molar-refractivity contribution < 1.29 is 19.1 Å². The van der Waals surface area contributed by atoms with Gasteiger partial charge < -0.3 is 20.3 Å². The first-order valence-corrected chi connectivity index (χ1v) is 14.9. The fourth-order valence-electron chi connectivity index (χ4n) is 4.69.